The van der Waals surface area contributed by atoms with Crippen LogP contribution in [0, 0.1) is 18.8 Å². The molecule has 0 radical (unpaired) electrons. The van der Waals surface area contributed by atoms with Crippen molar-refractivity contribution in [3.8, 4) is 0 Å². The molecule has 1 aromatic rings. The van der Waals surface area contributed by atoms with Crippen LogP contribution >= 0.6 is 11.3 Å². The topological polar surface area (TPSA) is 62.3 Å². The number of aromatic nitrogens is 1. The highest BCUT2D eigenvalue weighted by Crippen LogP contribution is 2.19. The molecule has 0 saturated carbocycles. The molecule has 0 atom stereocenters. The molecule has 2 rings (SSSR count). The molecule has 1 aliphatic rings. The van der Waals surface area contributed by atoms with Crippen LogP contribution in [0.15, 0.2) is 5.38 Å². The number of piperidine rings is 1. The lowest BCUT2D eigenvalue weighted by atomic mass is 9.95. The van der Waals surface area contributed by atoms with Crippen LogP contribution in [0.2, 0.25) is 0 Å². The number of hydrogen-bond acceptors (Lipinski definition) is 4. The van der Waals surface area contributed by atoms with Gasteiger partial charge in [-0.3, -0.25) is 9.59 Å². The molecular weight excluding hydrogens is 298 g/mol. The summed E-state index contributed by atoms with van der Waals surface area (Å²) in [7, 11) is 0. The standard InChI is InChI=1S/C16H25N3O2S/c1-11(2)16(21)19-8-5-13(6-9-19)15(20)17-7-4-14-10-22-12(3)18-14/h10-11,13H,4-9H2,1-3H3,(H,17,20). The summed E-state index contributed by atoms with van der Waals surface area (Å²) in [5.74, 6) is 0.377. The molecule has 1 saturated heterocycles. The highest BCUT2D eigenvalue weighted by Gasteiger charge is 2.27. The zero-order valence-corrected chi connectivity index (χ0v) is 14.4. The van der Waals surface area contributed by atoms with E-state index >= 15 is 0 Å². The molecule has 0 aliphatic carbocycles. The third-order valence-electron chi connectivity index (χ3n) is 4.02. The van der Waals surface area contributed by atoms with E-state index < -0.39 is 0 Å². The van der Waals surface area contributed by atoms with E-state index in [0.29, 0.717) is 19.6 Å². The number of rotatable bonds is 5. The monoisotopic (exact) mass is 323 g/mol. The summed E-state index contributed by atoms with van der Waals surface area (Å²) in [6.45, 7) is 7.84. The van der Waals surface area contributed by atoms with Crippen molar-refractivity contribution in [2.45, 2.75) is 40.0 Å². The maximum Gasteiger partial charge on any atom is 0.225 e. The Morgan fingerprint density at radius 1 is 1.41 bits per heavy atom. The molecule has 5 nitrogen and oxygen atoms in total. The molecule has 2 amide bonds. The van der Waals surface area contributed by atoms with Gasteiger partial charge in [-0.25, -0.2) is 4.98 Å². The number of hydrogen-bond donors (Lipinski definition) is 1. The van der Waals surface area contributed by atoms with E-state index in [4.69, 9.17) is 0 Å². The molecule has 1 aliphatic heterocycles. The Balaban J connectivity index is 1.70. The van der Waals surface area contributed by atoms with Crippen molar-refractivity contribution in [1.29, 1.82) is 0 Å². The average Bonchev–Trinajstić information content (AvgIpc) is 2.92. The fraction of sp³-hybridized carbons (Fsp3) is 0.688. The van der Waals surface area contributed by atoms with Gasteiger partial charge in [0.25, 0.3) is 0 Å². The van der Waals surface area contributed by atoms with E-state index in [1.807, 2.05) is 31.1 Å². The van der Waals surface area contributed by atoms with Gasteiger partial charge in [0.05, 0.1) is 10.7 Å². The Hall–Kier alpha value is -1.43. The van der Waals surface area contributed by atoms with Crippen molar-refractivity contribution >= 4 is 23.2 Å². The van der Waals surface area contributed by atoms with Gasteiger partial charge in [-0.05, 0) is 19.8 Å². The average molecular weight is 323 g/mol. The second-order valence-electron chi connectivity index (χ2n) is 6.15. The largest absolute Gasteiger partial charge is 0.355 e. The van der Waals surface area contributed by atoms with Crippen LogP contribution in [0.5, 0.6) is 0 Å². The Bertz CT molecular complexity index is 519. The second-order valence-corrected chi connectivity index (χ2v) is 7.22. The highest BCUT2D eigenvalue weighted by molar-refractivity contribution is 7.09. The van der Waals surface area contributed by atoms with Crippen molar-refractivity contribution in [2.75, 3.05) is 19.6 Å². The zero-order chi connectivity index (χ0) is 16.1. The van der Waals surface area contributed by atoms with Gasteiger partial charge in [-0.1, -0.05) is 13.8 Å². The third-order valence-corrected chi connectivity index (χ3v) is 4.84. The van der Waals surface area contributed by atoms with Crippen LogP contribution in [-0.4, -0.2) is 41.3 Å². The lowest BCUT2D eigenvalue weighted by Gasteiger charge is -2.32. The normalized spacial score (nSPS) is 16.1. The minimum Gasteiger partial charge on any atom is -0.355 e. The first-order chi connectivity index (χ1) is 10.5. The molecule has 6 heteroatoms. The maximum absolute atomic E-state index is 12.2. The summed E-state index contributed by atoms with van der Waals surface area (Å²) in [6.07, 6.45) is 2.31. The summed E-state index contributed by atoms with van der Waals surface area (Å²) in [5.41, 5.74) is 1.04. The van der Waals surface area contributed by atoms with E-state index in [9.17, 15) is 9.59 Å². The summed E-state index contributed by atoms with van der Waals surface area (Å²) in [6, 6.07) is 0. The van der Waals surface area contributed by atoms with Gasteiger partial charge >= 0.3 is 0 Å². The van der Waals surface area contributed by atoms with Crippen molar-refractivity contribution in [3.05, 3.63) is 16.1 Å². The fourth-order valence-electron chi connectivity index (χ4n) is 2.71. The minimum atomic E-state index is 0.0342. The molecule has 122 valence electrons. The van der Waals surface area contributed by atoms with E-state index in [2.05, 4.69) is 10.3 Å². The minimum absolute atomic E-state index is 0.0342. The van der Waals surface area contributed by atoms with Gasteiger partial charge in [0, 0.05) is 43.3 Å². The molecule has 0 unspecified atom stereocenters. The quantitative estimate of drug-likeness (QED) is 0.901. The van der Waals surface area contributed by atoms with Crippen LogP contribution in [0.1, 0.15) is 37.4 Å². The first-order valence-electron chi connectivity index (χ1n) is 7.95. The van der Waals surface area contributed by atoms with E-state index in [1.165, 1.54) is 0 Å². The van der Waals surface area contributed by atoms with Crippen LogP contribution < -0.4 is 5.32 Å². The number of likely N-dealkylation sites (tertiary alicyclic amines) is 1. The van der Waals surface area contributed by atoms with E-state index in [0.717, 1.165) is 30.0 Å². The Morgan fingerprint density at radius 2 is 2.09 bits per heavy atom. The van der Waals surface area contributed by atoms with Gasteiger partial charge in [-0.15, -0.1) is 11.3 Å². The Morgan fingerprint density at radius 3 is 2.64 bits per heavy atom. The smallest absolute Gasteiger partial charge is 0.225 e. The summed E-state index contributed by atoms with van der Waals surface area (Å²) in [4.78, 5) is 30.4. The molecule has 22 heavy (non-hydrogen) atoms. The zero-order valence-electron chi connectivity index (χ0n) is 13.6. The fourth-order valence-corrected chi connectivity index (χ4v) is 3.36. The van der Waals surface area contributed by atoms with Crippen molar-refractivity contribution in [1.82, 2.24) is 15.2 Å². The van der Waals surface area contributed by atoms with Crippen molar-refractivity contribution in [3.63, 3.8) is 0 Å². The summed E-state index contributed by atoms with van der Waals surface area (Å²) in [5, 5.41) is 6.10. The van der Waals surface area contributed by atoms with Gasteiger partial charge in [0.15, 0.2) is 0 Å². The number of aryl methyl sites for hydroxylation is 1. The van der Waals surface area contributed by atoms with Crippen LogP contribution in [0.3, 0.4) is 0 Å². The molecule has 0 bridgehead atoms. The van der Waals surface area contributed by atoms with E-state index in [1.54, 1.807) is 11.3 Å². The van der Waals surface area contributed by atoms with Gasteiger partial charge in [0.1, 0.15) is 0 Å². The predicted molar refractivity (Wildman–Crippen MR) is 87.7 cm³/mol. The number of thiazole rings is 1. The number of nitrogens with zero attached hydrogens (tertiary/aromatic N) is 2. The number of nitrogens with one attached hydrogen (secondary N) is 1. The third kappa shape index (κ3) is 4.53. The molecule has 0 spiro atoms. The van der Waals surface area contributed by atoms with E-state index in [-0.39, 0.29) is 23.7 Å². The first kappa shape index (κ1) is 16.9. The number of carbonyl (C=O) groups is 2. The SMILES string of the molecule is Cc1nc(CCNC(=O)C2CCN(C(=O)C(C)C)CC2)cs1. The first-order valence-corrected chi connectivity index (χ1v) is 8.83. The summed E-state index contributed by atoms with van der Waals surface area (Å²) >= 11 is 1.64. The van der Waals surface area contributed by atoms with Gasteiger partial charge in [-0.2, -0.15) is 0 Å². The molecular formula is C16H25N3O2S. The molecule has 1 aromatic heterocycles. The van der Waals surface area contributed by atoms with Gasteiger partial charge < -0.3 is 10.2 Å². The van der Waals surface area contributed by atoms with Crippen molar-refractivity contribution in [2.24, 2.45) is 11.8 Å². The molecule has 1 N–H and O–H groups in total. The Labute approximate surface area is 136 Å². The molecule has 2 heterocycles. The predicted octanol–water partition coefficient (Wildman–Crippen LogP) is 2.00. The summed E-state index contributed by atoms with van der Waals surface area (Å²) < 4.78 is 0. The lowest BCUT2D eigenvalue weighted by molar-refractivity contribution is -0.138. The second kappa shape index (κ2) is 7.72. The lowest BCUT2D eigenvalue weighted by Crippen LogP contribution is -2.44. The van der Waals surface area contributed by atoms with Crippen LogP contribution in [-0.2, 0) is 16.0 Å². The highest BCUT2D eigenvalue weighted by atomic mass is 32.1. The number of carbonyl (C=O) groups excluding carboxylic acids is 2. The van der Waals surface area contributed by atoms with Crippen LogP contribution in [0.4, 0.5) is 0 Å². The molecule has 0 aromatic carbocycles. The van der Waals surface area contributed by atoms with Crippen LogP contribution in [0.25, 0.3) is 0 Å². The van der Waals surface area contributed by atoms with Crippen molar-refractivity contribution < 1.29 is 9.59 Å². The van der Waals surface area contributed by atoms with Gasteiger partial charge in [0.2, 0.25) is 11.8 Å². The maximum atomic E-state index is 12.2. The Kier molecular flexibility index (Phi) is 5.94. The number of amides is 2. The molecule has 1 fully saturated rings.